The predicted molar refractivity (Wildman–Crippen MR) is 130 cm³/mol. The summed E-state index contributed by atoms with van der Waals surface area (Å²) in [5.41, 5.74) is 3.23. The Labute approximate surface area is 196 Å². The number of esters is 1. The van der Waals surface area contributed by atoms with E-state index in [1.807, 2.05) is 6.92 Å². The second-order valence-corrected chi connectivity index (χ2v) is 12.4. The molecule has 32 heavy (non-hydrogen) atoms. The summed E-state index contributed by atoms with van der Waals surface area (Å²) >= 11 is 0. The van der Waals surface area contributed by atoms with Crippen molar-refractivity contribution in [2.75, 3.05) is 0 Å². The van der Waals surface area contributed by atoms with E-state index in [0.29, 0.717) is 16.7 Å². The summed E-state index contributed by atoms with van der Waals surface area (Å²) in [6.45, 7) is 15.0. The van der Waals surface area contributed by atoms with E-state index in [1.54, 1.807) is 5.57 Å². The smallest absolute Gasteiger partial charge is 0.302 e. The van der Waals surface area contributed by atoms with E-state index in [-0.39, 0.29) is 18.2 Å². The fourth-order valence-corrected chi connectivity index (χ4v) is 8.81. The molecule has 4 aliphatic rings. The lowest BCUT2D eigenvalue weighted by molar-refractivity contribution is -0.148. The molecule has 3 saturated carbocycles. The molecule has 180 valence electrons. The van der Waals surface area contributed by atoms with Gasteiger partial charge in [0.1, 0.15) is 6.10 Å². The third-order valence-electron chi connectivity index (χ3n) is 10.6. The van der Waals surface area contributed by atoms with Crippen molar-refractivity contribution in [1.29, 1.82) is 0 Å². The van der Waals surface area contributed by atoms with Crippen molar-refractivity contribution in [3.8, 4) is 0 Å². The van der Waals surface area contributed by atoms with Gasteiger partial charge in [-0.1, -0.05) is 44.6 Å². The molecular formula is C29H46O3. The van der Waals surface area contributed by atoms with Gasteiger partial charge in [-0.2, -0.15) is 0 Å². The summed E-state index contributed by atoms with van der Waals surface area (Å²) < 4.78 is 5.60. The van der Waals surface area contributed by atoms with Crippen LogP contribution in [0.25, 0.3) is 0 Å². The lowest BCUT2D eigenvalue weighted by atomic mass is 9.47. The summed E-state index contributed by atoms with van der Waals surface area (Å²) in [4.78, 5) is 11.5. The Kier molecular flexibility index (Phi) is 6.71. The van der Waals surface area contributed by atoms with Gasteiger partial charge in [-0.3, -0.25) is 4.79 Å². The maximum atomic E-state index is 11.5. The molecule has 0 aliphatic heterocycles. The number of fused-ring (bicyclic) bond motifs is 5. The van der Waals surface area contributed by atoms with E-state index < -0.39 is 0 Å². The highest BCUT2D eigenvalue weighted by Crippen LogP contribution is 2.67. The van der Waals surface area contributed by atoms with Crippen molar-refractivity contribution in [1.82, 2.24) is 0 Å². The lowest BCUT2D eigenvalue weighted by Crippen LogP contribution is -2.51. The molecule has 4 aliphatic carbocycles. The van der Waals surface area contributed by atoms with Crippen LogP contribution in [0.15, 0.2) is 23.8 Å². The van der Waals surface area contributed by atoms with Crippen LogP contribution in [0.3, 0.4) is 0 Å². The number of rotatable bonds is 6. The van der Waals surface area contributed by atoms with Crippen molar-refractivity contribution >= 4 is 5.97 Å². The normalized spacial score (nSPS) is 42.7. The number of carbonyl (C=O) groups excluding carboxylic acids is 1. The standard InChI is InChI=1S/C29H46O3/c1-18(2)27(31)12-7-19(3)24-10-11-25-23-9-8-21-17-22(32-20(4)30)13-15-28(21,5)26(23)14-16-29(24,25)6/h8,19,22-27,31H,1,7,9-17H2,2-6H3/t19-,22+,23+,24-,25+,26+,27-,28+,29-/m1/s1. The largest absolute Gasteiger partial charge is 0.462 e. The summed E-state index contributed by atoms with van der Waals surface area (Å²) in [6, 6.07) is 0. The number of allylic oxidation sites excluding steroid dienone is 1. The van der Waals surface area contributed by atoms with Gasteiger partial charge in [-0.05, 0) is 105 Å². The third kappa shape index (κ3) is 4.12. The highest BCUT2D eigenvalue weighted by atomic mass is 16.5. The fraction of sp³-hybridized carbons (Fsp3) is 0.828. The van der Waals surface area contributed by atoms with Crippen molar-refractivity contribution < 1.29 is 14.6 Å². The minimum absolute atomic E-state index is 0.0866. The zero-order valence-corrected chi connectivity index (χ0v) is 21.2. The number of ether oxygens (including phenoxy) is 1. The second kappa shape index (κ2) is 8.93. The Bertz CT molecular complexity index is 768. The number of hydrogen-bond donors (Lipinski definition) is 1. The second-order valence-electron chi connectivity index (χ2n) is 12.4. The maximum Gasteiger partial charge on any atom is 0.302 e. The quantitative estimate of drug-likeness (QED) is 0.361. The molecule has 0 amide bonds. The van der Waals surface area contributed by atoms with Crippen molar-refractivity contribution in [2.45, 2.75) is 111 Å². The average molecular weight is 443 g/mol. The van der Waals surface area contributed by atoms with E-state index in [4.69, 9.17) is 4.74 Å². The number of aliphatic hydroxyl groups excluding tert-OH is 1. The van der Waals surface area contributed by atoms with Crippen LogP contribution in [0, 0.1) is 40.4 Å². The van der Waals surface area contributed by atoms with Gasteiger partial charge in [-0.25, -0.2) is 0 Å². The molecule has 1 N–H and O–H groups in total. The van der Waals surface area contributed by atoms with Crippen LogP contribution < -0.4 is 0 Å². The first-order valence-electron chi connectivity index (χ1n) is 13.3. The fourth-order valence-electron chi connectivity index (χ4n) is 8.81. The molecule has 0 spiro atoms. The van der Waals surface area contributed by atoms with Crippen molar-refractivity contribution in [3.05, 3.63) is 23.8 Å². The van der Waals surface area contributed by atoms with Crippen LogP contribution in [0.1, 0.15) is 98.8 Å². The molecule has 4 rings (SSSR count). The van der Waals surface area contributed by atoms with E-state index in [0.717, 1.165) is 54.9 Å². The molecule has 9 atom stereocenters. The van der Waals surface area contributed by atoms with Crippen LogP contribution >= 0.6 is 0 Å². The van der Waals surface area contributed by atoms with Gasteiger partial charge in [0, 0.05) is 13.3 Å². The molecule has 0 radical (unpaired) electrons. The minimum Gasteiger partial charge on any atom is -0.462 e. The summed E-state index contributed by atoms with van der Waals surface area (Å²) in [5, 5.41) is 10.2. The first-order chi connectivity index (χ1) is 15.1. The number of aliphatic hydroxyl groups is 1. The summed E-state index contributed by atoms with van der Waals surface area (Å²) in [6.07, 6.45) is 14.1. The molecule has 0 aromatic carbocycles. The lowest BCUT2D eigenvalue weighted by Gasteiger charge is -2.58. The van der Waals surface area contributed by atoms with Crippen LogP contribution in [0.5, 0.6) is 0 Å². The minimum atomic E-state index is -0.345. The number of hydrogen-bond acceptors (Lipinski definition) is 3. The predicted octanol–water partition coefficient (Wildman–Crippen LogP) is 6.85. The molecule has 3 fully saturated rings. The molecule has 3 nitrogen and oxygen atoms in total. The van der Waals surface area contributed by atoms with Crippen LogP contribution in [-0.2, 0) is 9.53 Å². The molecular weight excluding hydrogens is 396 g/mol. The van der Waals surface area contributed by atoms with E-state index >= 15 is 0 Å². The van der Waals surface area contributed by atoms with Crippen LogP contribution in [-0.4, -0.2) is 23.3 Å². The highest BCUT2D eigenvalue weighted by molar-refractivity contribution is 5.66. The molecule has 3 heteroatoms. The van der Waals surface area contributed by atoms with Gasteiger partial charge >= 0.3 is 5.97 Å². The third-order valence-corrected chi connectivity index (χ3v) is 10.6. The van der Waals surface area contributed by atoms with Gasteiger partial charge in [-0.15, -0.1) is 0 Å². The van der Waals surface area contributed by atoms with Gasteiger partial charge < -0.3 is 9.84 Å². The van der Waals surface area contributed by atoms with Gasteiger partial charge in [0.15, 0.2) is 0 Å². The van der Waals surface area contributed by atoms with Crippen LogP contribution in [0.2, 0.25) is 0 Å². The van der Waals surface area contributed by atoms with Gasteiger partial charge in [0.25, 0.3) is 0 Å². The Balaban J connectivity index is 1.47. The first-order valence-corrected chi connectivity index (χ1v) is 13.3. The van der Waals surface area contributed by atoms with Crippen molar-refractivity contribution in [2.24, 2.45) is 40.4 Å². The first kappa shape index (κ1) is 24.0. The zero-order valence-electron chi connectivity index (χ0n) is 21.2. The molecule has 0 unspecified atom stereocenters. The van der Waals surface area contributed by atoms with Crippen LogP contribution in [0.4, 0.5) is 0 Å². The van der Waals surface area contributed by atoms with Gasteiger partial charge in [0.05, 0.1) is 6.10 Å². The Morgan fingerprint density at radius 2 is 1.91 bits per heavy atom. The van der Waals surface area contributed by atoms with Gasteiger partial charge in [0.2, 0.25) is 0 Å². The number of carbonyl (C=O) groups is 1. The zero-order chi connectivity index (χ0) is 23.3. The topological polar surface area (TPSA) is 46.5 Å². The maximum absolute atomic E-state index is 11.5. The Morgan fingerprint density at radius 3 is 2.59 bits per heavy atom. The SMILES string of the molecule is C=C(C)[C@H](O)CC[C@@H](C)[C@H]1CC[C@H]2[C@@H]3CC=C4C[C@@H](OC(C)=O)CC[C@]4(C)[C@H]3CC[C@]12C. The van der Waals surface area contributed by atoms with E-state index in [9.17, 15) is 9.90 Å². The molecule has 0 aromatic rings. The molecule has 0 bridgehead atoms. The highest BCUT2D eigenvalue weighted by Gasteiger charge is 2.59. The summed E-state index contributed by atoms with van der Waals surface area (Å²) in [7, 11) is 0. The summed E-state index contributed by atoms with van der Waals surface area (Å²) in [5.74, 6) is 3.75. The molecule has 0 heterocycles. The van der Waals surface area contributed by atoms with Crippen molar-refractivity contribution in [3.63, 3.8) is 0 Å². The average Bonchev–Trinajstić information content (AvgIpc) is 3.08. The monoisotopic (exact) mass is 442 g/mol. The molecule has 0 aromatic heterocycles. The Hall–Kier alpha value is -1.09. The molecule has 0 saturated heterocycles. The van der Waals surface area contributed by atoms with E-state index in [1.165, 1.54) is 45.4 Å². The Morgan fingerprint density at radius 1 is 1.16 bits per heavy atom. The van der Waals surface area contributed by atoms with E-state index in [2.05, 4.69) is 33.4 Å².